The van der Waals surface area contributed by atoms with Crippen LogP contribution in [0.25, 0.3) is 21.9 Å². The van der Waals surface area contributed by atoms with Crippen molar-refractivity contribution in [2.75, 3.05) is 0 Å². The predicted octanol–water partition coefficient (Wildman–Crippen LogP) is 3.76. The third-order valence-electron chi connectivity index (χ3n) is 4.24. The van der Waals surface area contributed by atoms with Crippen molar-refractivity contribution < 1.29 is 9.90 Å². The Balaban J connectivity index is 2.12. The lowest BCUT2D eigenvalue weighted by molar-refractivity contribution is 0.0966. The number of nitrogens with one attached hydrogen (secondary N) is 1. The van der Waals surface area contributed by atoms with Gasteiger partial charge in [0.1, 0.15) is 5.75 Å². The highest BCUT2D eigenvalue weighted by molar-refractivity contribution is 6.09. The molecule has 22 heavy (non-hydrogen) atoms. The summed E-state index contributed by atoms with van der Waals surface area (Å²) in [6, 6.07) is 15.4. The van der Waals surface area contributed by atoms with Gasteiger partial charge in [0.25, 0.3) is 5.91 Å². The Morgan fingerprint density at radius 3 is 2.59 bits per heavy atom. The molecule has 0 saturated carbocycles. The Labute approximate surface area is 128 Å². The number of phenols is 1. The zero-order valence-corrected chi connectivity index (χ0v) is 12.2. The molecule has 0 bridgehead atoms. The number of aromatic hydroxyl groups is 1. The molecule has 3 nitrogen and oxygen atoms in total. The van der Waals surface area contributed by atoms with Gasteiger partial charge in [0.2, 0.25) is 0 Å². The molecular formula is C19H15NO2. The first-order chi connectivity index (χ1) is 10.6. The summed E-state index contributed by atoms with van der Waals surface area (Å²) >= 11 is 0. The van der Waals surface area contributed by atoms with E-state index in [2.05, 4.69) is 29.6 Å². The first kappa shape index (κ1) is 12.9. The van der Waals surface area contributed by atoms with Crippen LogP contribution in [0, 0.1) is 6.92 Å². The molecule has 0 aliphatic carbocycles. The number of carbonyl (C=O) groups excluding carboxylic acids is 1. The number of fused-ring (bicyclic) bond motifs is 2. The molecule has 0 saturated heterocycles. The zero-order chi connectivity index (χ0) is 15.3. The number of rotatable bonds is 1. The second-order valence-corrected chi connectivity index (χ2v) is 5.73. The van der Waals surface area contributed by atoms with Gasteiger partial charge in [0, 0.05) is 12.1 Å². The number of hydrogen-bond acceptors (Lipinski definition) is 2. The summed E-state index contributed by atoms with van der Waals surface area (Å²) in [7, 11) is 0. The lowest BCUT2D eigenvalue weighted by Gasteiger charge is -2.13. The maximum atomic E-state index is 12.1. The topological polar surface area (TPSA) is 49.3 Å². The van der Waals surface area contributed by atoms with E-state index in [0.29, 0.717) is 6.54 Å². The fourth-order valence-electron chi connectivity index (χ4n) is 3.13. The maximum Gasteiger partial charge on any atom is 0.251 e. The molecule has 3 aromatic rings. The minimum absolute atomic E-state index is 0.0293. The van der Waals surface area contributed by atoms with Gasteiger partial charge in [0.15, 0.2) is 0 Å². The molecule has 0 spiro atoms. The molecule has 2 N–H and O–H groups in total. The Morgan fingerprint density at radius 1 is 1.05 bits per heavy atom. The molecule has 4 rings (SSSR count). The molecule has 1 amide bonds. The van der Waals surface area contributed by atoms with E-state index in [1.807, 2.05) is 19.1 Å². The number of amides is 1. The quantitative estimate of drug-likeness (QED) is 0.716. The molecule has 3 heteroatoms. The van der Waals surface area contributed by atoms with Gasteiger partial charge in [-0.2, -0.15) is 0 Å². The number of carbonyl (C=O) groups is 1. The minimum atomic E-state index is -0.0293. The SMILES string of the molecule is Cc1ccc(-c2c3c(cc4ccc(O)cc24)C(=O)NC3)cc1. The van der Waals surface area contributed by atoms with Crippen LogP contribution in [0.15, 0.2) is 48.5 Å². The fourth-order valence-corrected chi connectivity index (χ4v) is 3.13. The second-order valence-electron chi connectivity index (χ2n) is 5.73. The van der Waals surface area contributed by atoms with Gasteiger partial charge in [-0.05, 0) is 52.6 Å². The standard InChI is InChI=1S/C19H15NO2/c1-11-2-4-12(5-3-11)18-15-9-14(21)7-6-13(15)8-16-17(18)10-20-19(16)22/h2-9,21H,10H2,1H3,(H,20,22). The number of hydrogen-bond donors (Lipinski definition) is 2. The monoisotopic (exact) mass is 289 g/mol. The predicted molar refractivity (Wildman–Crippen MR) is 87.0 cm³/mol. The van der Waals surface area contributed by atoms with Gasteiger partial charge in [-0.15, -0.1) is 0 Å². The van der Waals surface area contributed by atoms with Crippen molar-refractivity contribution in [3.8, 4) is 16.9 Å². The highest BCUT2D eigenvalue weighted by Gasteiger charge is 2.24. The average Bonchev–Trinajstić information content (AvgIpc) is 2.87. The highest BCUT2D eigenvalue weighted by Crippen LogP contribution is 2.38. The van der Waals surface area contributed by atoms with Crippen LogP contribution in [0.4, 0.5) is 0 Å². The van der Waals surface area contributed by atoms with Crippen LogP contribution < -0.4 is 5.32 Å². The number of aryl methyl sites for hydroxylation is 1. The van der Waals surface area contributed by atoms with Crippen LogP contribution in [0.1, 0.15) is 21.5 Å². The zero-order valence-electron chi connectivity index (χ0n) is 12.2. The second kappa shape index (κ2) is 4.60. The summed E-state index contributed by atoms with van der Waals surface area (Å²) in [5.74, 6) is 0.205. The molecule has 1 aliphatic heterocycles. The molecule has 0 aromatic heterocycles. The molecule has 0 atom stereocenters. The lowest BCUT2D eigenvalue weighted by atomic mass is 9.90. The maximum absolute atomic E-state index is 12.1. The van der Waals surface area contributed by atoms with Crippen molar-refractivity contribution in [3.63, 3.8) is 0 Å². The summed E-state index contributed by atoms with van der Waals surface area (Å²) < 4.78 is 0. The van der Waals surface area contributed by atoms with E-state index in [1.54, 1.807) is 12.1 Å². The fraction of sp³-hybridized carbons (Fsp3) is 0.105. The van der Waals surface area contributed by atoms with E-state index in [4.69, 9.17) is 0 Å². The normalized spacial score (nSPS) is 13.2. The van der Waals surface area contributed by atoms with Crippen LogP contribution >= 0.6 is 0 Å². The largest absolute Gasteiger partial charge is 0.508 e. The van der Waals surface area contributed by atoms with Crippen molar-refractivity contribution >= 4 is 16.7 Å². The van der Waals surface area contributed by atoms with Crippen molar-refractivity contribution in [2.24, 2.45) is 0 Å². The molecule has 3 aromatic carbocycles. The van der Waals surface area contributed by atoms with Crippen molar-refractivity contribution in [1.29, 1.82) is 0 Å². The molecule has 1 heterocycles. The van der Waals surface area contributed by atoms with Gasteiger partial charge in [-0.1, -0.05) is 35.9 Å². The van der Waals surface area contributed by atoms with Crippen LogP contribution in [-0.2, 0) is 6.54 Å². The summed E-state index contributed by atoms with van der Waals surface area (Å²) in [6.07, 6.45) is 0. The number of phenolic OH excluding ortho intramolecular Hbond substituents is 1. The van der Waals surface area contributed by atoms with E-state index < -0.39 is 0 Å². The molecule has 0 unspecified atom stereocenters. The summed E-state index contributed by atoms with van der Waals surface area (Å²) in [5.41, 5.74) is 5.02. The number of benzene rings is 3. The first-order valence-corrected chi connectivity index (χ1v) is 7.27. The molecule has 0 fully saturated rings. The first-order valence-electron chi connectivity index (χ1n) is 7.27. The Hall–Kier alpha value is -2.81. The van der Waals surface area contributed by atoms with E-state index in [-0.39, 0.29) is 11.7 Å². The Bertz CT molecular complexity index is 911. The molecule has 0 radical (unpaired) electrons. The third kappa shape index (κ3) is 1.86. The van der Waals surface area contributed by atoms with Crippen LogP contribution in [0.5, 0.6) is 5.75 Å². The van der Waals surface area contributed by atoms with Gasteiger partial charge in [0.05, 0.1) is 0 Å². The van der Waals surface area contributed by atoms with Crippen molar-refractivity contribution in [1.82, 2.24) is 5.32 Å². The van der Waals surface area contributed by atoms with Crippen molar-refractivity contribution in [3.05, 3.63) is 65.2 Å². The Morgan fingerprint density at radius 2 is 1.82 bits per heavy atom. The van der Waals surface area contributed by atoms with E-state index >= 15 is 0 Å². The van der Waals surface area contributed by atoms with Crippen LogP contribution in [-0.4, -0.2) is 11.0 Å². The molecule has 1 aliphatic rings. The average molecular weight is 289 g/mol. The summed E-state index contributed by atoms with van der Waals surface area (Å²) in [4.78, 5) is 12.1. The van der Waals surface area contributed by atoms with E-state index in [9.17, 15) is 9.90 Å². The van der Waals surface area contributed by atoms with Crippen LogP contribution in [0.2, 0.25) is 0 Å². The smallest absolute Gasteiger partial charge is 0.251 e. The Kier molecular flexibility index (Phi) is 2.70. The lowest BCUT2D eigenvalue weighted by Crippen LogP contribution is -2.12. The minimum Gasteiger partial charge on any atom is -0.508 e. The van der Waals surface area contributed by atoms with Crippen molar-refractivity contribution in [2.45, 2.75) is 13.5 Å². The van der Waals surface area contributed by atoms with Gasteiger partial charge in [-0.3, -0.25) is 4.79 Å². The molecular weight excluding hydrogens is 274 g/mol. The third-order valence-corrected chi connectivity index (χ3v) is 4.24. The van der Waals surface area contributed by atoms with Gasteiger partial charge in [-0.25, -0.2) is 0 Å². The molecule has 108 valence electrons. The van der Waals surface area contributed by atoms with Crippen LogP contribution in [0.3, 0.4) is 0 Å². The van der Waals surface area contributed by atoms with E-state index in [1.165, 1.54) is 5.56 Å². The van der Waals surface area contributed by atoms with Gasteiger partial charge >= 0.3 is 0 Å². The summed E-state index contributed by atoms with van der Waals surface area (Å²) in [5, 5.41) is 14.7. The van der Waals surface area contributed by atoms with Gasteiger partial charge < -0.3 is 10.4 Å². The summed E-state index contributed by atoms with van der Waals surface area (Å²) in [6.45, 7) is 2.58. The highest BCUT2D eigenvalue weighted by atomic mass is 16.3. The van der Waals surface area contributed by atoms with E-state index in [0.717, 1.165) is 33.0 Å².